The predicted octanol–water partition coefficient (Wildman–Crippen LogP) is 3.22. The highest BCUT2D eigenvalue weighted by molar-refractivity contribution is 7.89. The van der Waals surface area contributed by atoms with Crippen LogP contribution in [0.2, 0.25) is 0 Å². The summed E-state index contributed by atoms with van der Waals surface area (Å²) < 4.78 is 38.4. The van der Waals surface area contributed by atoms with Gasteiger partial charge in [0.15, 0.2) is 0 Å². The third-order valence-electron chi connectivity index (χ3n) is 5.81. The lowest BCUT2D eigenvalue weighted by atomic mass is 10.1. The second kappa shape index (κ2) is 10.8. The molecule has 2 aromatic rings. The van der Waals surface area contributed by atoms with Crippen molar-refractivity contribution in [1.82, 2.24) is 9.62 Å². The van der Waals surface area contributed by atoms with Crippen molar-refractivity contribution in [3.8, 4) is 11.5 Å². The van der Waals surface area contributed by atoms with Gasteiger partial charge in [-0.25, -0.2) is 8.42 Å². The van der Waals surface area contributed by atoms with E-state index in [1.54, 1.807) is 18.2 Å². The van der Waals surface area contributed by atoms with Crippen molar-refractivity contribution >= 4 is 15.9 Å². The largest absolute Gasteiger partial charge is 0.496 e. The summed E-state index contributed by atoms with van der Waals surface area (Å²) in [6.07, 6.45) is 2.38. The number of amides is 1. The summed E-state index contributed by atoms with van der Waals surface area (Å²) in [7, 11) is -1.97. The summed E-state index contributed by atoms with van der Waals surface area (Å²) >= 11 is 0. The second-order valence-electron chi connectivity index (χ2n) is 7.98. The maximum atomic E-state index is 12.9. The summed E-state index contributed by atoms with van der Waals surface area (Å²) in [5.41, 5.74) is 2.96. The van der Waals surface area contributed by atoms with E-state index in [1.165, 1.54) is 11.4 Å². The number of aryl methyl sites for hydroxylation is 2. The zero-order valence-electron chi connectivity index (χ0n) is 19.0. The van der Waals surface area contributed by atoms with Gasteiger partial charge in [0.25, 0.3) is 0 Å². The van der Waals surface area contributed by atoms with Crippen LogP contribution in [0.1, 0.15) is 36.0 Å². The zero-order valence-corrected chi connectivity index (χ0v) is 19.8. The van der Waals surface area contributed by atoms with Crippen LogP contribution in [0.4, 0.5) is 0 Å². The SMILES string of the molecule is COc1ccc(S(=O)(=O)N2CCCC2)cc1CCC(=O)NCCOc1cccc(C)c1C. The molecule has 174 valence electrons. The van der Waals surface area contributed by atoms with E-state index in [4.69, 9.17) is 9.47 Å². The smallest absolute Gasteiger partial charge is 0.243 e. The number of carbonyl (C=O) groups excluding carboxylic acids is 1. The normalized spacial score (nSPS) is 14.3. The molecule has 3 rings (SSSR count). The second-order valence-corrected chi connectivity index (χ2v) is 9.92. The molecule has 32 heavy (non-hydrogen) atoms. The molecule has 1 heterocycles. The molecule has 0 aromatic heterocycles. The van der Waals surface area contributed by atoms with E-state index in [-0.39, 0.29) is 17.2 Å². The molecule has 1 N–H and O–H groups in total. The van der Waals surface area contributed by atoms with Crippen molar-refractivity contribution in [2.24, 2.45) is 0 Å². The zero-order chi connectivity index (χ0) is 23.1. The summed E-state index contributed by atoms with van der Waals surface area (Å²) in [6, 6.07) is 10.8. The van der Waals surface area contributed by atoms with Crippen molar-refractivity contribution in [2.45, 2.75) is 44.4 Å². The molecule has 2 aromatic carbocycles. The van der Waals surface area contributed by atoms with Crippen molar-refractivity contribution in [2.75, 3.05) is 33.4 Å². The molecule has 1 amide bonds. The average molecular weight is 461 g/mol. The van der Waals surface area contributed by atoms with Gasteiger partial charge in [-0.2, -0.15) is 4.31 Å². The summed E-state index contributed by atoms with van der Waals surface area (Å²) in [5, 5.41) is 2.85. The molecule has 0 atom stereocenters. The minimum atomic E-state index is -3.51. The molecular weight excluding hydrogens is 428 g/mol. The van der Waals surface area contributed by atoms with Crippen LogP contribution < -0.4 is 14.8 Å². The Kier molecular flexibility index (Phi) is 8.15. The number of carbonyl (C=O) groups is 1. The highest BCUT2D eigenvalue weighted by Crippen LogP contribution is 2.27. The van der Waals surface area contributed by atoms with Crippen LogP contribution in [0.3, 0.4) is 0 Å². The van der Waals surface area contributed by atoms with Gasteiger partial charge in [0, 0.05) is 19.5 Å². The molecule has 0 bridgehead atoms. The van der Waals surface area contributed by atoms with Crippen LogP contribution in [0, 0.1) is 13.8 Å². The molecule has 0 aliphatic carbocycles. The third-order valence-corrected chi connectivity index (χ3v) is 7.71. The molecule has 1 aliphatic heterocycles. The quantitative estimate of drug-likeness (QED) is 0.551. The lowest BCUT2D eigenvalue weighted by molar-refractivity contribution is -0.121. The van der Waals surface area contributed by atoms with Gasteiger partial charge in [-0.1, -0.05) is 12.1 Å². The number of hydrogen-bond acceptors (Lipinski definition) is 5. The fourth-order valence-electron chi connectivity index (χ4n) is 3.76. The summed E-state index contributed by atoms with van der Waals surface area (Å²) in [6.45, 7) is 5.92. The summed E-state index contributed by atoms with van der Waals surface area (Å²) in [5.74, 6) is 1.28. The Balaban J connectivity index is 1.53. The molecule has 0 spiro atoms. The molecule has 0 radical (unpaired) electrons. The van der Waals surface area contributed by atoms with Gasteiger partial charge in [-0.3, -0.25) is 4.79 Å². The van der Waals surface area contributed by atoms with Gasteiger partial charge in [0.2, 0.25) is 15.9 Å². The number of nitrogens with one attached hydrogen (secondary N) is 1. The molecule has 7 nitrogen and oxygen atoms in total. The van der Waals surface area contributed by atoms with E-state index in [0.717, 1.165) is 29.7 Å². The molecular formula is C24H32N2O5S. The molecule has 0 unspecified atom stereocenters. The van der Waals surface area contributed by atoms with Gasteiger partial charge in [0.1, 0.15) is 18.1 Å². The molecule has 1 saturated heterocycles. The number of methoxy groups -OCH3 is 1. The standard InChI is InChI=1S/C24H32N2O5S/c1-18-7-6-8-22(19(18)2)31-16-13-25-24(27)12-9-20-17-21(10-11-23(20)30-3)32(28,29)26-14-4-5-15-26/h6-8,10-11,17H,4-5,9,12-16H2,1-3H3,(H,25,27). The fourth-order valence-corrected chi connectivity index (χ4v) is 5.33. The maximum absolute atomic E-state index is 12.9. The number of benzene rings is 2. The minimum Gasteiger partial charge on any atom is -0.496 e. The Bertz CT molecular complexity index is 1050. The monoisotopic (exact) mass is 460 g/mol. The topological polar surface area (TPSA) is 84.9 Å². The van der Waals surface area contributed by atoms with Crippen LogP contribution in [0.15, 0.2) is 41.3 Å². The van der Waals surface area contributed by atoms with Crippen LogP contribution in [0.5, 0.6) is 11.5 Å². The number of hydrogen-bond donors (Lipinski definition) is 1. The number of rotatable bonds is 10. The van der Waals surface area contributed by atoms with Crippen molar-refractivity contribution in [3.05, 3.63) is 53.1 Å². The number of nitrogens with zero attached hydrogens (tertiary/aromatic N) is 1. The van der Waals surface area contributed by atoms with Gasteiger partial charge in [-0.05, 0) is 74.1 Å². The van der Waals surface area contributed by atoms with Crippen LogP contribution in [0.25, 0.3) is 0 Å². The Hall–Kier alpha value is -2.58. The predicted molar refractivity (Wildman–Crippen MR) is 124 cm³/mol. The van der Waals surface area contributed by atoms with Crippen LogP contribution in [-0.4, -0.2) is 52.0 Å². The number of ether oxygens (including phenoxy) is 2. The Morgan fingerprint density at radius 2 is 1.84 bits per heavy atom. The Morgan fingerprint density at radius 3 is 2.56 bits per heavy atom. The lowest BCUT2D eigenvalue weighted by Gasteiger charge is -2.17. The van der Waals surface area contributed by atoms with Gasteiger partial charge in [0.05, 0.1) is 18.6 Å². The first-order chi connectivity index (χ1) is 15.3. The Morgan fingerprint density at radius 1 is 1.09 bits per heavy atom. The van der Waals surface area contributed by atoms with Crippen molar-refractivity contribution < 1.29 is 22.7 Å². The van der Waals surface area contributed by atoms with E-state index in [2.05, 4.69) is 5.32 Å². The van der Waals surface area contributed by atoms with E-state index >= 15 is 0 Å². The lowest BCUT2D eigenvalue weighted by Crippen LogP contribution is -2.28. The molecule has 1 fully saturated rings. The van der Waals surface area contributed by atoms with E-state index in [0.29, 0.717) is 44.0 Å². The third kappa shape index (κ3) is 5.81. The first kappa shape index (κ1) is 24.1. The maximum Gasteiger partial charge on any atom is 0.243 e. The molecule has 0 saturated carbocycles. The Labute approximate surface area is 190 Å². The first-order valence-electron chi connectivity index (χ1n) is 11.0. The van der Waals surface area contributed by atoms with Gasteiger partial charge < -0.3 is 14.8 Å². The number of sulfonamides is 1. The van der Waals surface area contributed by atoms with Crippen molar-refractivity contribution in [1.29, 1.82) is 0 Å². The average Bonchev–Trinajstić information content (AvgIpc) is 3.33. The molecule has 1 aliphatic rings. The minimum absolute atomic E-state index is 0.121. The van der Waals surface area contributed by atoms with Gasteiger partial charge in [-0.15, -0.1) is 0 Å². The summed E-state index contributed by atoms with van der Waals surface area (Å²) in [4.78, 5) is 12.6. The highest BCUT2D eigenvalue weighted by Gasteiger charge is 2.27. The van der Waals surface area contributed by atoms with E-state index in [9.17, 15) is 13.2 Å². The van der Waals surface area contributed by atoms with E-state index in [1.807, 2.05) is 32.0 Å². The molecule has 8 heteroatoms. The van der Waals surface area contributed by atoms with Crippen molar-refractivity contribution in [3.63, 3.8) is 0 Å². The van der Waals surface area contributed by atoms with Gasteiger partial charge >= 0.3 is 0 Å². The van der Waals surface area contributed by atoms with Crippen LogP contribution in [-0.2, 0) is 21.2 Å². The first-order valence-corrected chi connectivity index (χ1v) is 12.4. The fraction of sp³-hybridized carbons (Fsp3) is 0.458. The van der Waals surface area contributed by atoms with E-state index < -0.39 is 10.0 Å². The van der Waals surface area contributed by atoms with Crippen LogP contribution >= 0.6 is 0 Å². The highest BCUT2D eigenvalue weighted by atomic mass is 32.2.